The Morgan fingerprint density at radius 1 is 0.703 bits per heavy atom. The van der Waals surface area contributed by atoms with E-state index in [1.807, 2.05) is 36.4 Å². The predicted molar refractivity (Wildman–Crippen MR) is 144 cm³/mol. The van der Waals surface area contributed by atoms with Crippen LogP contribution in [0.3, 0.4) is 0 Å². The van der Waals surface area contributed by atoms with E-state index in [-0.39, 0.29) is 19.1 Å². The predicted octanol–water partition coefficient (Wildman–Crippen LogP) is 7.19. The SMILES string of the molecule is COC(=O)c1ccc(NC(=O)c2cc(OCc3ccccc3Cl)cc(OCc3ccccc3Cl)c2)cc1. The minimum atomic E-state index is -0.457. The van der Waals surface area contributed by atoms with Crippen molar-refractivity contribution in [2.75, 3.05) is 12.4 Å². The highest BCUT2D eigenvalue weighted by molar-refractivity contribution is 6.31. The standard InChI is InChI=1S/C29H23Cl2NO5/c1-35-29(34)19-10-12-23(13-11-19)32-28(33)22-14-24(36-17-20-6-2-4-8-26(20)30)16-25(15-22)37-18-21-7-3-5-9-27(21)31/h2-16H,17-18H2,1H3,(H,32,33). The van der Waals surface area contributed by atoms with Gasteiger partial charge in [-0.2, -0.15) is 0 Å². The summed E-state index contributed by atoms with van der Waals surface area (Å²) in [5.74, 6) is 0.0312. The van der Waals surface area contributed by atoms with E-state index >= 15 is 0 Å². The molecular weight excluding hydrogens is 513 g/mol. The number of rotatable bonds is 9. The third kappa shape index (κ3) is 7.03. The number of carbonyl (C=O) groups is 2. The summed E-state index contributed by atoms with van der Waals surface area (Å²) in [7, 11) is 1.31. The number of ether oxygens (including phenoxy) is 3. The zero-order chi connectivity index (χ0) is 26.2. The molecule has 8 heteroatoms. The number of amides is 1. The van der Waals surface area contributed by atoms with Gasteiger partial charge < -0.3 is 19.5 Å². The van der Waals surface area contributed by atoms with Crippen LogP contribution in [0.15, 0.2) is 91.0 Å². The summed E-state index contributed by atoms with van der Waals surface area (Å²) in [6, 6.07) is 26.1. The van der Waals surface area contributed by atoms with Crippen molar-refractivity contribution in [3.63, 3.8) is 0 Å². The van der Waals surface area contributed by atoms with E-state index in [4.69, 9.17) is 37.4 Å². The molecule has 0 unspecified atom stereocenters. The number of hydrogen-bond donors (Lipinski definition) is 1. The summed E-state index contributed by atoms with van der Waals surface area (Å²) in [5.41, 5.74) is 2.83. The maximum Gasteiger partial charge on any atom is 0.337 e. The number of anilines is 1. The molecule has 1 N–H and O–H groups in total. The van der Waals surface area contributed by atoms with Gasteiger partial charge in [0.2, 0.25) is 0 Å². The van der Waals surface area contributed by atoms with Gasteiger partial charge in [0.25, 0.3) is 5.91 Å². The molecule has 4 rings (SSSR count). The number of benzene rings is 4. The Morgan fingerprint density at radius 3 is 1.70 bits per heavy atom. The van der Waals surface area contributed by atoms with Crippen LogP contribution >= 0.6 is 23.2 Å². The van der Waals surface area contributed by atoms with Crippen molar-refractivity contribution in [1.82, 2.24) is 0 Å². The fourth-order valence-electron chi connectivity index (χ4n) is 3.43. The first-order chi connectivity index (χ1) is 17.9. The van der Waals surface area contributed by atoms with Crippen LogP contribution in [-0.4, -0.2) is 19.0 Å². The van der Waals surface area contributed by atoms with Gasteiger partial charge in [-0.1, -0.05) is 59.6 Å². The van der Waals surface area contributed by atoms with Gasteiger partial charge in [-0.15, -0.1) is 0 Å². The Balaban J connectivity index is 1.55. The van der Waals surface area contributed by atoms with Crippen molar-refractivity contribution in [1.29, 1.82) is 0 Å². The van der Waals surface area contributed by atoms with Gasteiger partial charge in [0, 0.05) is 38.5 Å². The van der Waals surface area contributed by atoms with Crippen LogP contribution in [0.2, 0.25) is 10.0 Å². The van der Waals surface area contributed by atoms with Gasteiger partial charge in [0.1, 0.15) is 24.7 Å². The minimum absolute atomic E-state index is 0.212. The maximum atomic E-state index is 13.1. The largest absolute Gasteiger partial charge is 0.489 e. The Morgan fingerprint density at radius 2 is 1.22 bits per heavy atom. The minimum Gasteiger partial charge on any atom is -0.489 e. The molecule has 0 fully saturated rings. The second-order valence-electron chi connectivity index (χ2n) is 7.98. The average molecular weight is 536 g/mol. The molecule has 0 aliphatic rings. The first-order valence-electron chi connectivity index (χ1n) is 11.3. The quantitative estimate of drug-likeness (QED) is 0.229. The zero-order valence-corrected chi connectivity index (χ0v) is 21.4. The fraction of sp³-hybridized carbons (Fsp3) is 0.103. The van der Waals surface area contributed by atoms with Crippen LogP contribution in [-0.2, 0) is 18.0 Å². The first-order valence-corrected chi connectivity index (χ1v) is 12.1. The van der Waals surface area contributed by atoms with Gasteiger partial charge in [-0.25, -0.2) is 4.79 Å². The number of carbonyl (C=O) groups excluding carboxylic acids is 2. The molecule has 0 aliphatic carbocycles. The van der Waals surface area contributed by atoms with Gasteiger partial charge in [-0.3, -0.25) is 4.79 Å². The molecule has 6 nitrogen and oxygen atoms in total. The molecule has 0 bridgehead atoms. The Hall–Kier alpha value is -4.00. The third-order valence-corrected chi connectivity index (χ3v) is 6.15. The molecule has 37 heavy (non-hydrogen) atoms. The normalized spacial score (nSPS) is 10.5. The number of hydrogen-bond acceptors (Lipinski definition) is 5. The van der Waals surface area contributed by atoms with Gasteiger partial charge in [0.15, 0.2) is 0 Å². The Kier molecular flexibility index (Phi) is 8.67. The monoisotopic (exact) mass is 535 g/mol. The van der Waals surface area contributed by atoms with Crippen LogP contribution in [0.4, 0.5) is 5.69 Å². The van der Waals surface area contributed by atoms with E-state index in [0.29, 0.717) is 38.4 Å². The smallest absolute Gasteiger partial charge is 0.337 e. The van der Waals surface area contributed by atoms with E-state index in [1.165, 1.54) is 7.11 Å². The molecule has 0 spiro atoms. The second kappa shape index (κ2) is 12.3. The van der Waals surface area contributed by atoms with E-state index in [9.17, 15) is 9.59 Å². The molecular formula is C29H23Cl2NO5. The molecule has 0 atom stereocenters. The molecule has 188 valence electrons. The Labute approximate surface area is 224 Å². The number of esters is 1. The van der Waals surface area contributed by atoms with Crippen molar-refractivity contribution in [2.24, 2.45) is 0 Å². The van der Waals surface area contributed by atoms with Crippen molar-refractivity contribution >= 4 is 40.8 Å². The molecule has 0 saturated heterocycles. The molecule has 0 aliphatic heterocycles. The van der Waals surface area contributed by atoms with Gasteiger partial charge in [-0.05, 0) is 48.5 Å². The summed E-state index contributed by atoms with van der Waals surface area (Å²) in [4.78, 5) is 24.8. The van der Waals surface area contributed by atoms with E-state index < -0.39 is 5.97 Å². The molecule has 0 aromatic heterocycles. The fourth-order valence-corrected chi connectivity index (χ4v) is 3.81. The number of halogens is 2. The van der Waals surface area contributed by atoms with E-state index in [0.717, 1.165) is 11.1 Å². The van der Waals surface area contributed by atoms with Crippen molar-refractivity contribution in [3.8, 4) is 11.5 Å². The molecule has 4 aromatic carbocycles. The van der Waals surface area contributed by atoms with Crippen LogP contribution in [0.5, 0.6) is 11.5 Å². The van der Waals surface area contributed by atoms with E-state index in [1.54, 1.807) is 54.6 Å². The highest BCUT2D eigenvalue weighted by Crippen LogP contribution is 2.27. The Bertz CT molecular complexity index is 1340. The highest BCUT2D eigenvalue weighted by atomic mass is 35.5. The summed E-state index contributed by atoms with van der Waals surface area (Å²) in [6.45, 7) is 0.424. The topological polar surface area (TPSA) is 73.9 Å². The molecule has 0 heterocycles. The lowest BCUT2D eigenvalue weighted by Gasteiger charge is -2.14. The first kappa shape index (κ1) is 26.1. The summed E-state index contributed by atoms with van der Waals surface area (Å²) < 4.78 is 16.6. The zero-order valence-electron chi connectivity index (χ0n) is 19.9. The van der Waals surface area contributed by atoms with Crippen LogP contribution in [0.1, 0.15) is 31.8 Å². The lowest BCUT2D eigenvalue weighted by molar-refractivity contribution is 0.0600. The molecule has 4 aromatic rings. The van der Waals surface area contributed by atoms with Crippen molar-refractivity contribution < 1.29 is 23.8 Å². The molecule has 0 radical (unpaired) electrons. The maximum absolute atomic E-state index is 13.1. The summed E-state index contributed by atoms with van der Waals surface area (Å²) >= 11 is 12.5. The summed E-state index contributed by atoms with van der Waals surface area (Å²) in [6.07, 6.45) is 0. The lowest BCUT2D eigenvalue weighted by atomic mass is 10.1. The second-order valence-corrected chi connectivity index (χ2v) is 8.79. The summed E-state index contributed by atoms with van der Waals surface area (Å²) in [5, 5.41) is 3.99. The van der Waals surface area contributed by atoms with Gasteiger partial charge >= 0.3 is 5.97 Å². The van der Waals surface area contributed by atoms with Crippen LogP contribution < -0.4 is 14.8 Å². The third-order valence-electron chi connectivity index (χ3n) is 5.41. The lowest BCUT2D eigenvalue weighted by Crippen LogP contribution is -2.13. The van der Waals surface area contributed by atoms with E-state index in [2.05, 4.69) is 5.32 Å². The number of nitrogens with one attached hydrogen (secondary N) is 1. The average Bonchev–Trinajstić information content (AvgIpc) is 2.92. The van der Waals surface area contributed by atoms with Crippen LogP contribution in [0.25, 0.3) is 0 Å². The number of methoxy groups -OCH3 is 1. The van der Waals surface area contributed by atoms with Crippen LogP contribution in [0, 0.1) is 0 Å². The molecule has 1 amide bonds. The molecule has 0 saturated carbocycles. The van der Waals surface area contributed by atoms with Crippen molar-refractivity contribution in [3.05, 3.63) is 123 Å². The van der Waals surface area contributed by atoms with Gasteiger partial charge in [0.05, 0.1) is 12.7 Å². The van der Waals surface area contributed by atoms with Crippen molar-refractivity contribution in [2.45, 2.75) is 13.2 Å². The highest BCUT2D eigenvalue weighted by Gasteiger charge is 2.13.